The first-order valence-electron chi connectivity index (χ1n) is 9.42. The highest BCUT2D eigenvalue weighted by Gasteiger charge is 2.18. The fourth-order valence-electron chi connectivity index (χ4n) is 3.29. The number of fused-ring (bicyclic) bond motifs is 1. The van der Waals surface area contributed by atoms with Crippen LogP contribution in [0.5, 0.6) is 5.75 Å². The van der Waals surface area contributed by atoms with Gasteiger partial charge in [-0.1, -0.05) is 11.6 Å². The largest absolute Gasteiger partial charge is 0.495 e. The maximum Gasteiger partial charge on any atom is 0.271 e. The summed E-state index contributed by atoms with van der Waals surface area (Å²) in [5.41, 5.74) is 3.45. The molecule has 2 aromatic heterocycles. The predicted octanol–water partition coefficient (Wildman–Crippen LogP) is 4.77. The number of hydrogen-bond acceptors (Lipinski definition) is 6. The molecule has 4 rings (SSSR count). The fraction of sp³-hybridized carbons (Fsp3) is 0.0870. The minimum atomic E-state index is -0.527. The number of aryl methyl sites for hydroxylation is 1. The van der Waals surface area contributed by atoms with E-state index in [1.54, 1.807) is 24.5 Å². The van der Waals surface area contributed by atoms with Gasteiger partial charge in [-0.2, -0.15) is 0 Å². The Kier molecular flexibility index (Phi) is 5.28. The average Bonchev–Trinajstić information content (AvgIpc) is 2.78. The molecule has 0 aliphatic rings. The summed E-state index contributed by atoms with van der Waals surface area (Å²) in [5, 5.41) is 14.6. The van der Waals surface area contributed by atoms with E-state index in [0.29, 0.717) is 27.9 Å². The van der Waals surface area contributed by atoms with Crippen LogP contribution < -0.4 is 10.1 Å². The molecule has 2 heterocycles. The van der Waals surface area contributed by atoms with E-state index in [0.717, 1.165) is 11.1 Å². The average molecular weight is 414 g/mol. The van der Waals surface area contributed by atoms with Crippen molar-refractivity contribution in [1.29, 1.82) is 0 Å². The van der Waals surface area contributed by atoms with Crippen LogP contribution in [0.25, 0.3) is 22.2 Å². The first-order chi connectivity index (χ1) is 15.0. The lowest BCUT2D eigenvalue weighted by atomic mass is 10.0. The summed E-state index contributed by atoms with van der Waals surface area (Å²) in [6, 6.07) is 15.1. The molecule has 0 radical (unpaired) electrons. The van der Waals surface area contributed by atoms with Crippen molar-refractivity contribution in [2.75, 3.05) is 12.4 Å². The van der Waals surface area contributed by atoms with Gasteiger partial charge in [0.25, 0.3) is 11.6 Å². The summed E-state index contributed by atoms with van der Waals surface area (Å²) in [6.07, 6.45) is 3.34. The van der Waals surface area contributed by atoms with Crippen molar-refractivity contribution in [3.05, 3.63) is 88.2 Å². The van der Waals surface area contributed by atoms with E-state index >= 15 is 0 Å². The quantitative estimate of drug-likeness (QED) is 0.372. The van der Waals surface area contributed by atoms with Crippen molar-refractivity contribution in [2.24, 2.45) is 0 Å². The van der Waals surface area contributed by atoms with Crippen LogP contribution in [-0.4, -0.2) is 27.9 Å². The maximum absolute atomic E-state index is 13.3. The normalized spacial score (nSPS) is 10.6. The second-order valence-corrected chi connectivity index (χ2v) is 6.91. The van der Waals surface area contributed by atoms with E-state index in [1.807, 2.05) is 31.2 Å². The van der Waals surface area contributed by atoms with Gasteiger partial charge in [0.1, 0.15) is 5.75 Å². The molecule has 1 N–H and O–H groups in total. The van der Waals surface area contributed by atoms with Gasteiger partial charge in [0, 0.05) is 35.5 Å². The van der Waals surface area contributed by atoms with E-state index < -0.39 is 10.8 Å². The standard InChI is InChI=1S/C23H18N4O4/c1-14-5-7-19-17(10-14)18(12-20(25-19)15-4-3-9-24-13-15)23(28)26-21-11-16(27(29)30)6-8-22(21)31-2/h3-13H,1-2H3,(H,26,28). The third-order valence-corrected chi connectivity index (χ3v) is 4.81. The number of nitro groups is 1. The number of rotatable bonds is 5. The molecule has 0 bridgehead atoms. The first-order valence-corrected chi connectivity index (χ1v) is 9.42. The zero-order valence-electron chi connectivity index (χ0n) is 16.8. The molecule has 0 aliphatic heterocycles. The summed E-state index contributed by atoms with van der Waals surface area (Å²) >= 11 is 0. The van der Waals surface area contributed by atoms with Crippen molar-refractivity contribution < 1.29 is 14.5 Å². The molecule has 8 heteroatoms. The summed E-state index contributed by atoms with van der Waals surface area (Å²) in [4.78, 5) is 32.7. The summed E-state index contributed by atoms with van der Waals surface area (Å²) < 4.78 is 5.26. The van der Waals surface area contributed by atoms with Crippen LogP contribution in [0.1, 0.15) is 15.9 Å². The monoisotopic (exact) mass is 414 g/mol. The molecule has 0 unspecified atom stereocenters. The second kappa shape index (κ2) is 8.19. The molecule has 0 atom stereocenters. The highest BCUT2D eigenvalue weighted by molar-refractivity contribution is 6.13. The van der Waals surface area contributed by atoms with Crippen molar-refractivity contribution >= 4 is 28.2 Å². The van der Waals surface area contributed by atoms with Crippen LogP contribution in [0.4, 0.5) is 11.4 Å². The molecule has 1 amide bonds. The Morgan fingerprint density at radius 2 is 1.97 bits per heavy atom. The molecule has 2 aromatic carbocycles. The van der Waals surface area contributed by atoms with Gasteiger partial charge in [-0.3, -0.25) is 19.9 Å². The van der Waals surface area contributed by atoms with Crippen LogP contribution in [0.15, 0.2) is 67.0 Å². The van der Waals surface area contributed by atoms with Gasteiger partial charge in [0.2, 0.25) is 0 Å². The predicted molar refractivity (Wildman–Crippen MR) is 117 cm³/mol. The molecular formula is C23H18N4O4. The van der Waals surface area contributed by atoms with E-state index in [9.17, 15) is 14.9 Å². The number of benzene rings is 2. The molecular weight excluding hydrogens is 396 g/mol. The molecule has 0 spiro atoms. The number of non-ortho nitro benzene ring substituents is 1. The second-order valence-electron chi connectivity index (χ2n) is 6.91. The van der Waals surface area contributed by atoms with E-state index in [1.165, 1.54) is 25.3 Å². The molecule has 4 aromatic rings. The van der Waals surface area contributed by atoms with Gasteiger partial charge in [-0.25, -0.2) is 4.98 Å². The number of nitrogens with one attached hydrogen (secondary N) is 1. The minimum absolute atomic E-state index is 0.150. The molecule has 0 fully saturated rings. The Morgan fingerprint density at radius 3 is 2.68 bits per heavy atom. The number of pyridine rings is 2. The Bertz CT molecular complexity index is 1310. The first kappa shape index (κ1) is 20.0. The van der Waals surface area contributed by atoms with Crippen molar-refractivity contribution in [1.82, 2.24) is 9.97 Å². The van der Waals surface area contributed by atoms with Crippen molar-refractivity contribution in [2.45, 2.75) is 6.92 Å². The third-order valence-electron chi connectivity index (χ3n) is 4.81. The Labute approximate surface area is 177 Å². The molecule has 0 aliphatic carbocycles. The van der Waals surface area contributed by atoms with Crippen molar-refractivity contribution in [3.63, 3.8) is 0 Å². The fourth-order valence-corrected chi connectivity index (χ4v) is 3.29. The topological polar surface area (TPSA) is 107 Å². The number of ether oxygens (including phenoxy) is 1. The number of nitro benzene ring substituents is 1. The number of hydrogen-bond donors (Lipinski definition) is 1. The van der Waals surface area contributed by atoms with Gasteiger partial charge in [-0.05, 0) is 43.3 Å². The molecule has 0 saturated heterocycles. The lowest BCUT2D eigenvalue weighted by Gasteiger charge is -2.13. The summed E-state index contributed by atoms with van der Waals surface area (Å²) in [7, 11) is 1.43. The molecule has 8 nitrogen and oxygen atoms in total. The minimum Gasteiger partial charge on any atom is -0.495 e. The Balaban J connectivity index is 1.83. The van der Waals surface area contributed by atoms with E-state index in [-0.39, 0.29) is 11.4 Å². The zero-order chi connectivity index (χ0) is 22.0. The van der Waals surface area contributed by atoms with Crippen LogP contribution >= 0.6 is 0 Å². The van der Waals surface area contributed by atoms with Gasteiger partial charge < -0.3 is 10.1 Å². The SMILES string of the molecule is COc1ccc([N+](=O)[O-])cc1NC(=O)c1cc(-c2cccnc2)nc2ccc(C)cc12. The van der Waals surface area contributed by atoms with Gasteiger partial charge in [0.05, 0.1) is 34.5 Å². The van der Waals surface area contributed by atoms with Gasteiger partial charge in [0.15, 0.2) is 0 Å². The number of carbonyl (C=O) groups is 1. The highest BCUT2D eigenvalue weighted by atomic mass is 16.6. The molecule has 0 saturated carbocycles. The zero-order valence-corrected chi connectivity index (χ0v) is 16.8. The number of aromatic nitrogens is 2. The summed E-state index contributed by atoms with van der Waals surface area (Å²) in [5.74, 6) is -0.108. The Morgan fingerprint density at radius 1 is 1.13 bits per heavy atom. The highest BCUT2D eigenvalue weighted by Crippen LogP contribution is 2.31. The summed E-state index contributed by atoms with van der Waals surface area (Å²) in [6.45, 7) is 1.93. The van der Waals surface area contributed by atoms with Gasteiger partial charge in [-0.15, -0.1) is 0 Å². The van der Waals surface area contributed by atoms with Crippen LogP contribution in [0.2, 0.25) is 0 Å². The van der Waals surface area contributed by atoms with Gasteiger partial charge >= 0.3 is 0 Å². The Hall–Kier alpha value is -4.33. The van der Waals surface area contributed by atoms with Crippen LogP contribution in [0, 0.1) is 17.0 Å². The molecule has 31 heavy (non-hydrogen) atoms. The number of methoxy groups -OCH3 is 1. The lowest BCUT2D eigenvalue weighted by Crippen LogP contribution is -2.14. The lowest BCUT2D eigenvalue weighted by molar-refractivity contribution is -0.384. The smallest absolute Gasteiger partial charge is 0.271 e. The number of anilines is 1. The van der Waals surface area contributed by atoms with Crippen LogP contribution in [-0.2, 0) is 0 Å². The van der Waals surface area contributed by atoms with Crippen molar-refractivity contribution in [3.8, 4) is 17.0 Å². The third kappa shape index (κ3) is 4.04. The number of carbonyl (C=O) groups excluding carboxylic acids is 1. The molecule has 154 valence electrons. The number of nitrogens with zero attached hydrogens (tertiary/aromatic N) is 3. The number of amides is 1. The maximum atomic E-state index is 13.3. The van der Waals surface area contributed by atoms with E-state index in [2.05, 4.69) is 15.3 Å². The van der Waals surface area contributed by atoms with Crippen LogP contribution in [0.3, 0.4) is 0 Å². The van der Waals surface area contributed by atoms with E-state index in [4.69, 9.17) is 4.74 Å².